The molecule has 2 rings (SSSR count). The Kier molecular flexibility index (Phi) is 6.00. The number of aromatic nitrogens is 1. The van der Waals surface area contributed by atoms with Crippen molar-refractivity contribution in [2.24, 2.45) is 0 Å². The van der Waals surface area contributed by atoms with Crippen LogP contribution in [0.4, 0.5) is 5.13 Å². The first-order valence-corrected chi connectivity index (χ1v) is 8.72. The van der Waals surface area contributed by atoms with E-state index in [1.807, 2.05) is 11.9 Å². The van der Waals surface area contributed by atoms with Gasteiger partial charge in [-0.25, -0.2) is 4.98 Å². The summed E-state index contributed by atoms with van der Waals surface area (Å²) in [6.45, 7) is 3.70. The van der Waals surface area contributed by atoms with Crippen LogP contribution < -0.4 is 11.1 Å². The van der Waals surface area contributed by atoms with Gasteiger partial charge in [0, 0.05) is 18.5 Å². The van der Waals surface area contributed by atoms with Gasteiger partial charge in [0.05, 0.1) is 23.7 Å². The number of anilines is 1. The van der Waals surface area contributed by atoms with E-state index in [4.69, 9.17) is 10.8 Å². The number of fused-ring (bicyclic) bond motifs is 1. The lowest BCUT2D eigenvalue weighted by Gasteiger charge is -2.25. The lowest BCUT2D eigenvalue weighted by molar-refractivity contribution is 0.299. The van der Waals surface area contributed by atoms with Crippen molar-refractivity contribution in [3.8, 4) is 0 Å². The van der Waals surface area contributed by atoms with Crippen molar-refractivity contribution in [3.05, 3.63) is 16.8 Å². The summed E-state index contributed by atoms with van der Waals surface area (Å²) in [7, 11) is 0. The molecular formula is C13H22N4OS2. The Hall–Kier alpha value is -0.920. The van der Waals surface area contributed by atoms with E-state index >= 15 is 0 Å². The van der Waals surface area contributed by atoms with Gasteiger partial charge in [0.1, 0.15) is 5.69 Å². The van der Waals surface area contributed by atoms with Gasteiger partial charge in [-0.05, 0) is 18.4 Å². The van der Waals surface area contributed by atoms with Crippen LogP contribution in [0.2, 0.25) is 0 Å². The second-order valence-electron chi connectivity index (χ2n) is 4.63. The minimum absolute atomic E-state index is 0.107. The number of aliphatic hydroxyl groups excluding tert-OH is 1. The minimum Gasteiger partial charge on any atom is -0.395 e. The predicted octanol–water partition coefficient (Wildman–Crippen LogP) is 2.26. The number of unbranched alkanes of at least 4 members (excludes halogenated alkanes) is 2. The number of hydrogen-bond acceptors (Lipinski definition) is 7. The molecule has 0 aromatic carbocycles. The van der Waals surface area contributed by atoms with Gasteiger partial charge in [-0.15, -0.1) is 0 Å². The van der Waals surface area contributed by atoms with Crippen molar-refractivity contribution in [1.82, 2.24) is 14.6 Å². The van der Waals surface area contributed by atoms with Crippen LogP contribution in [0.15, 0.2) is 6.20 Å². The van der Waals surface area contributed by atoms with E-state index in [1.54, 1.807) is 11.3 Å². The van der Waals surface area contributed by atoms with Crippen molar-refractivity contribution < 1.29 is 5.11 Å². The molecule has 0 radical (unpaired) electrons. The zero-order valence-electron chi connectivity index (χ0n) is 11.8. The van der Waals surface area contributed by atoms with Gasteiger partial charge in [0.15, 0.2) is 5.13 Å². The Labute approximate surface area is 128 Å². The Morgan fingerprint density at radius 3 is 3.15 bits per heavy atom. The first-order chi connectivity index (χ1) is 9.74. The zero-order valence-corrected chi connectivity index (χ0v) is 13.4. The number of nitrogens with zero attached hydrogens (tertiary/aromatic N) is 2. The number of nitrogens with two attached hydrogens (primary N) is 1. The fourth-order valence-corrected chi connectivity index (χ4v) is 3.91. The van der Waals surface area contributed by atoms with Gasteiger partial charge in [-0.3, -0.25) is 0 Å². The third-order valence-electron chi connectivity index (χ3n) is 2.97. The topological polar surface area (TPSA) is 74.4 Å². The maximum atomic E-state index is 8.97. The van der Waals surface area contributed by atoms with Crippen molar-refractivity contribution in [2.45, 2.75) is 32.7 Å². The molecule has 0 saturated heterocycles. The van der Waals surface area contributed by atoms with Gasteiger partial charge >= 0.3 is 0 Å². The first kappa shape index (κ1) is 15.5. The molecule has 0 bridgehead atoms. The molecule has 0 spiro atoms. The smallest absolute Gasteiger partial charge is 0.180 e. The van der Waals surface area contributed by atoms with Crippen LogP contribution in [0, 0.1) is 0 Å². The van der Waals surface area contributed by atoms with Gasteiger partial charge in [-0.2, -0.15) is 0 Å². The SMILES string of the molecule is CCCCCSN1C=C(NCCO)c2nc(N)sc2C1. The summed E-state index contributed by atoms with van der Waals surface area (Å²) in [4.78, 5) is 5.57. The van der Waals surface area contributed by atoms with E-state index in [0.29, 0.717) is 11.7 Å². The molecule has 7 heteroatoms. The van der Waals surface area contributed by atoms with Gasteiger partial charge in [0.25, 0.3) is 0 Å². The van der Waals surface area contributed by atoms with Crippen LogP contribution >= 0.6 is 23.3 Å². The zero-order chi connectivity index (χ0) is 14.4. The number of nitrogens with one attached hydrogen (secondary N) is 1. The van der Waals surface area contributed by atoms with Crippen LogP contribution in [0.1, 0.15) is 36.8 Å². The quantitative estimate of drug-likeness (QED) is 0.505. The highest BCUT2D eigenvalue weighted by Crippen LogP contribution is 2.33. The molecule has 1 aromatic heterocycles. The maximum Gasteiger partial charge on any atom is 0.180 e. The van der Waals surface area contributed by atoms with Crippen molar-refractivity contribution >= 4 is 34.1 Å². The maximum absolute atomic E-state index is 8.97. The van der Waals surface area contributed by atoms with Crippen LogP contribution in [-0.2, 0) is 6.54 Å². The number of hydrogen-bond donors (Lipinski definition) is 3. The molecule has 0 amide bonds. The molecule has 1 aliphatic heterocycles. The normalized spacial score (nSPS) is 14.1. The molecule has 4 N–H and O–H groups in total. The van der Waals surface area contributed by atoms with Gasteiger partial charge in [-0.1, -0.05) is 31.1 Å². The summed E-state index contributed by atoms with van der Waals surface area (Å²) >= 11 is 3.38. The highest BCUT2D eigenvalue weighted by Gasteiger charge is 2.21. The standard InChI is InChI=1S/C13H22N4OS2/c1-2-3-4-7-19-17-8-10(15-5-6-18)12-11(9-17)20-13(14)16-12/h8,15,18H,2-7,9H2,1H3,(H2,14,16). The number of rotatable bonds is 8. The molecule has 0 saturated carbocycles. The Bertz CT molecular complexity index is 461. The van der Waals surface area contributed by atoms with E-state index < -0.39 is 0 Å². The van der Waals surface area contributed by atoms with E-state index in [9.17, 15) is 0 Å². The van der Waals surface area contributed by atoms with E-state index in [0.717, 1.165) is 23.7 Å². The molecule has 5 nitrogen and oxygen atoms in total. The highest BCUT2D eigenvalue weighted by atomic mass is 32.2. The van der Waals surface area contributed by atoms with Gasteiger partial charge in [0.2, 0.25) is 0 Å². The minimum atomic E-state index is 0.107. The molecule has 1 aromatic rings. The van der Waals surface area contributed by atoms with Crippen LogP contribution in [-0.4, -0.2) is 33.3 Å². The molecule has 2 heterocycles. The average molecular weight is 314 g/mol. The van der Waals surface area contributed by atoms with Gasteiger partial charge < -0.3 is 20.5 Å². The second-order valence-corrected chi connectivity index (χ2v) is 6.88. The Morgan fingerprint density at radius 1 is 1.55 bits per heavy atom. The lowest BCUT2D eigenvalue weighted by Crippen LogP contribution is -2.24. The highest BCUT2D eigenvalue weighted by molar-refractivity contribution is 7.97. The van der Waals surface area contributed by atoms with Crippen molar-refractivity contribution in [2.75, 3.05) is 24.6 Å². The van der Waals surface area contributed by atoms with E-state index in [1.165, 1.54) is 24.1 Å². The summed E-state index contributed by atoms with van der Waals surface area (Å²) in [6.07, 6.45) is 5.84. The summed E-state index contributed by atoms with van der Waals surface area (Å²) in [5.41, 5.74) is 7.70. The van der Waals surface area contributed by atoms with Crippen molar-refractivity contribution in [1.29, 1.82) is 0 Å². The second kappa shape index (κ2) is 7.75. The summed E-state index contributed by atoms with van der Waals surface area (Å²) < 4.78 is 2.23. The third kappa shape index (κ3) is 4.04. The fourth-order valence-electron chi connectivity index (χ4n) is 2.02. The monoisotopic (exact) mass is 314 g/mol. The van der Waals surface area contributed by atoms with Crippen LogP contribution in [0.5, 0.6) is 0 Å². The third-order valence-corrected chi connectivity index (χ3v) is 4.88. The summed E-state index contributed by atoms with van der Waals surface area (Å²) in [5.74, 6) is 1.13. The number of thiazole rings is 1. The molecule has 0 atom stereocenters. The number of aliphatic hydroxyl groups is 1. The van der Waals surface area contributed by atoms with Crippen LogP contribution in [0.25, 0.3) is 5.70 Å². The van der Waals surface area contributed by atoms with Crippen LogP contribution in [0.3, 0.4) is 0 Å². The molecule has 1 aliphatic rings. The number of nitrogen functional groups attached to an aromatic ring is 1. The molecule has 112 valence electrons. The molecule has 0 fully saturated rings. The summed E-state index contributed by atoms with van der Waals surface area (Å²) in [5, 5.41) is 12.8. The molecule has 0 unspecified atom stereocenters. The molecular weight excluding hydrogens is 292 g/mol. The Balaban J connectivity index is 2.01. The fraction of sp³-hybridized carbons (Fsp3) is 0.615. The molecule has 0 aliphatic carbocycles. The van der Waals surface area contributed by atoms with E-state index in [2.05, 4.69) is 27.7 Å². The molecule has 20 heavy (non-hydrogen) atoms. The van der Waals surface area contributed by atoms with Crippen molar-refractivity contribution in [3.63, 3.8) is 0 Å². The lowest BCUT2D eigenvalue weighted by atomic mass is 10.2. The average Bonchev–Trinajstić information content (AvgIpc) is 2.81. The summed E-state index contributed by atoms with van der Waals surface area (Å²) in [6, 6.07) is 0. The predicted molar refractivity (Wildman–Crippen MR) is 87.1 cm³/mol. The Morgan fingerprint density at radius 2 is 2.40 bits per heavy atom. The largest absolute Gasteiger partial charge is 0.395 e. The van der Waals surface area contributed by atoms with E-state index in [-0.39, 0.29) is 6.61 Å². The first-order valence-electron chi connectivity index (χ1n) is 6.96.